The Morgan fingerprint density at radius 2 is 1.93 bits per heavy atom. The fourth-order valence-corrected chi connectivity index (χ4v) is 5.51. The Balaban J connectivity index is 1.93. The summed E-state index contributed by atoms with van der Waals surface area (Å²) in [5.74, 6) is 0.00145. The molecule has 0 bridgehead atoms. The molecular weight excluding hydrogens is 423 g/mol. The van der Waals surface area contributed by atoms with E-state index in [1.165, 1.54) is 11.3 Å². The van der Waals surface area contributed by atoms with Crippen LogP contribution in [0.1, 0.15) is 29.3 Å². The molecule has 0 radical (unpaired) electrons. The first kappa shape index (κ1) is 20.6. The summed E-state index contributed by atoms with van der Waals surface area (Å²) in [6, 6.07) is 5.70. The lowest BCUT2D eigenvalue weighted by atomic mass is 9.91. The number of alkyl halides is 3. The van der Waals surface area contributed by atoms with Crippen molar-refractivity contribution in [3.8, 4) is 0 Å². The smallest absolute Gasteiger partial charge is 0.381 e. The largest absolute Gasteiger partial charge is 0.417 e. The molecule has 0 aliphatic carbocycles. The van der Waals surface area contributed by atoms with Gasteiger partial charge in [-0.05, 0) is 48.4 Å². The van der Waals surface area contributed by atoms with E-state index in [1.54, 1.807) is 0 Å². The van der Waals surface area contributed by atoms with Gasteiger partial charge in [0.05, 0.1) is 21.5 Å². The number of rotatable bonds is 5. The molecule has 1 aliphatic rings. The maximum atomic E-state index is 13.1. The van der Waals surface area contributed by atoms with Crippen LogP contribution in [0.2, 0.25) is 5.02 Å². The third-order valence-electron chi connectivity index (χ3n) is 4.42. The molecule has 1 aromatic carbocycles. The Bertz CT molecular complexity index is 879. The summed E-state index contributed by atoms with van der Waals surface area (Å²) in [7, 11) is -4.18. The summed E-state index contributed by atoms with van der Waals surface area (Å²) in [6.45, 7) is 1.04. The molecule has 0 saturated carbocycles. The van der Waals surface area contributed by atoms with E-state index in [9.17, 15) is 21.6 Å². The fourth-order valence-electron chi connectivity index (χ4n) is 3.03. The summed E-state index contributed by atoms with van der Waals surface area (Å²) in [6.07, 6.45) is -3.41. The summed E-state index contributed by atoms with van der Waals surface area (Å²) in [5.41, 5.74) is -1.18. The number of nitrogens with one attached hydrogen (secondary N) is 1. The molecule has 1 aliphatic heterocycles. The molecule has 1 fully saturated rings. The monoisotopic (exact) mass is 439 g/mol. The third-order valence-corrected chi connectivity index (χ3v) is 7.15. The molecule has 0 amide bonds. The Hall–Kier alpha value is -1.13. The summed E-state index contributed by atoms with van der Waals surface area (Å²) in [5, 5.41) is 1.29. The van der Waals surface area contributed by atoms with Crippen LogP contribution >= 0.6 is 22.9 Å². The Labute approximate surface area is 164 Å². The minimum Gasteiger partial charge on any atom is -0.381 e. The fraction of sp³-hybridized carbons (Fsp3) is 0.412. The predicted molar refractivity (Wildman–Crippen MR) is 97.4 cm³/mol. The van der Waals surface area contributed by atoms with E-state index in [0.717, 1.165) is 17.0 Å². The van der Waals surface area contributed by atoms with E-state index in [0.29, 0.717) is 32.1 Å². The molecule has 1 atom stereocenters. The van der Waals surface area contributed by atoms with Crippen molar-refractivity contribution in [1.82, 2.24) is 4.72 Å². The molecule has 3 rings (SSSR count). The highest BCUT2D eigenvalue weighted by Gasteiger charge is 2.36. The Kier molecular flexibility index (Phi) is 6.17. The minimum atomic E-state index is -4.74. The zero-order chi connectivity index (χ0) is 19.7. The van der Waals surface area contributed by atoms with E-state index in [1.807, 2.05) is 17.5 Å². The van der Waals surface area contributed by atoms with Crippen molar-refractivity contribution in [2.24, 2.45) is 5.92 Å². The summed E-state index contributed by atoms with van der Waals surface area (Å²) >= 11 is 6.99. The number of hydrogen-bond donors (Lipinski definition) is 1. The molecule has 0 unspecified atom stereocenters. The lowest BCUT2D eigenvalue weighted by Gasteiger charge is -2.30. The van der Waals surface area contributed by atoms with Gasteiger partial charge in [0, 0.05) is 18.1 Å². The highest BCUT2D eigenvalue weighted by atomic mass is 35.5. The lowest BCUT2D eigenvalue weighted by Crippen LogP contribution is -2.35. The average Bonchev–Trinajstić information content (AvgIpc) is 3.14. The van der Waals surface area contributed by atoms with Crippen LogP contribution in [0.25, 0.3) is 0 Å². The van der Waals surface area contributed by atoms with Crippen molar-refractivity contribution in [3.63, 3.8) is 0 Å². The molecule has 2 aromatic rings. The lowest BCUT2D eigenvalue weighted by molar-refractivity contribution is -0.137. The molecule has 1 aromatic heterocycles. The molecule has 27 heavy (non-hydrogen) atoms. The van der Waals surface area contributed by atoms with Gasteiger partial charge in [0.25, 0.3) is 0 Å². The maximum absolute atomic E-state index is 13.1. The SMILES string of the molecule is O=S(=O)(N[C@@H](c1cccs1)C1CCOCC1)c1ccc(Cl)c(C(F)(F)F)c1. The van der Waals surface area contributed by atoms with E-state index in [4.69, 9.17) is 16.3 Å². The van der Waals surface area contributed by atoms with Crippen LogP contribution in [-0.4, -0.2) is 21.6 Å². The van der Waals surface area contributed by atoms with Crippen LogP contribution in [0.15, 0.2) is 40.6 Å². The molecule has 10 heteroatoms. The number of hydrogen-bond acceptors (Lipinski definition) is 4. The van der Waals surface area contributed by atoms with Crippen LogP contribution in [0.3, 0.4) is 0 Å². The minimum absolute atomic E-state index is 0.00145. The highest BCUT2D eigenvalue weighted by Crippen LogP contribution is 2.37. The number of ether oxygens (including phenoxy) is 1. The number of thiophene rings is 1. The third kappa shape index (κ3) is 4.83. The van der Waals surface area contributed by atoms with Crippen molar-refractivity contribution in [3.05, 3.63) is 51.2 Å². The molecular formula is C17H17ClF3NO3S2. The van der Waals surface area contributed by atoms with Gasteiger partial charge in [-0.15, -0.1) is 11.3 Å². The van der Waals surface area contributed by atoms with Crippen molar-refractivity contribution < 1.29 is 26.3 Å². The van der Waals surface area contributed by atoms with Crippen LogP contribution in [0.5, 0.6) is 0 Å². The quantitative estimate of drug-likeness (QED) is 0.723. The number of sulfonamides is 1. The second-order valence-electron chi connectivity index (χ2n) is 6.20. The standard InChI is InChI=1S/C17H17ClF3NO3S2/c18-14-4-3-12(10-13(14)17(19,20)21)27(23,24)22-16(15-2-1-9-26-15)11-5-7-25-8-6-11/h1-4,9-11,16,22H,5-8H2/t16-/m1/s1. The molecule has 2 heterocycles. The van der Waals surface area contributed by atoms with Gasteiger partial charge in [-0.1, -0.05) is 17.7 Å². The Morgan fingerprint density at radius 1 is 1.22 bits per heavy atom. The van der Waals surface area contributed by atoms with Crippen molar-refractivity contribution in [2.45, 2.75) is 30.0 Å². The van der Waals surface area contributed by atoms with Gasteiger partial charge in [0.2, 0.25) is 10.0 Å². The van der Waals surface area contributed by atoms with E-state index < -0.39 is 37.7 Å². The van der Waals surface area contributed by atoms with Gasteiger partial charge >= 0.3 is 6.18 Å². The van der Waals surface area contributed by atoms with Crippen LogP contribution in [0, 0.1) is 5.92 Å². The van der Waals surface area contributed by atoms with Gasteiger partial charge in [-0.3, -0.25) is 0 Å². The van der Waals surface area contributed by atoms with Gasteiger partial charge in [-0.25, -0.2) is 13.1 Å². The molecule has 1 N–H and O–H groups in total. The topological polar surface area (TPSA) is 55.4 Å². The molecule has 1 saturated heterocycles. The van der Waals surface area contributed by atoms with Crippen molar-refractivity contribution in [2.75, 3.05) is 13.2 Å². The summed E-state index contributed by atoms with van der Waals surface area (Å²) in [4.78, 5) is 0.350. The first-order valence-electron chi connectivity index (χ1n) is 8.19. The van der Waals surface area contributed by atoms with Gasteiger partial charge < -0.3 is 4.74 Å². The predicted octanol–water partition coefficient (Wildman–Crippen LogP) is 4.87. The first-order valence-corrected chi connectivity index (χ1v) is 10.9. The molecule has 4 nitrogen and oxygen atoms in total. The second kappa shape index (κ2) is 8.08. The summed E-state index contributed by atoms with van der Waals surface area (Å²) < 4.78 is 72.8. The van der Waals surface area contributed by atoms with Crippen molar-refractivity contribution in [1.29, 1.82) is 0 Å². The number of halogens is 4. The zero-order valence-corrected chi connectivity index (χ0v) is 16.4. The second-order valence-corrected chi connectivity index (χ2v) is 9.30. The van der Waals surface area contributed by atoms with E-state index in [-0.39, 0.29) is 5.92 Å². The number of benzene rings is 1. The van der Waals surface area contributed by atoms with E-state index in [2.05, 4.69) is 4.72 Å². The van der Waals surface area contributed by atoms with Gasteiger partial charge in [0.1, 0.15) is 0 Å². The molecule has 0 spiro atoms. The first-order chi connectivity index (χ1) is 12.7. The zero-order valence-electron chi connectivity index (χ0n) is 14.0. The average molecular weight is 440 g/mol. The Morgan fingerprint density at radius 3 is 2.52 bits per heavy atom. The maximum Gasteiger partial charge on any atom is 0.417 e. The van der Waals surface area contributed by atoms with Crippen LogP contribution in [-0.2, 0) is 20.9 Å². The highest BCUT2D eigenvalue weighted by molar-refractivity contribution is 7.89. The van der Waals surface area contributed by atoms with Gasteiger partial charge in [0.15, 0.2) is 0 Å². The van der Waals surface area contributed by atoms with Crippen LogP contribution < -0.4 is 4.72 Å². The molecule has 148 valence electrons. The normalized spacial score (nSPS) is 17.8. The van der Waals surface area contributed by atoms with E-state index >= 15 is 0 Å². The van der Waals surface area contributed by atoms with Gasteiger partial charge in [-0.2, -0.15) is 13.2 Å². The van der Waals surface area contributed by atoms with Crippen LogP contribution in [0.4, 0.5) is 13.2 Å². The van der Waals surface area contributed by atoms with Crippen molar-refractivity contribution >= 4 is 33.0 Å².